The average Bonchev–Trinajstić information content (AvgIpc) is 3.18. The number of hydrogen-bond acceptors (Lipinski definition) is 4. The minimum Gasteiger partial charge on any atom is -0.364 e. The van der Waals surface area contributed by atoms with Gasteiger partial charge in [-0.25, -0.2) is 4.98 Å². The van der Waals surface area contributed by atoms with Crippen LogP contribution in [0.15, 0.2) is 24.3 Å². The van der Waals surface area contributed by atoms with Crippen LogP contribution in [-0.2, 0) is 22.5 Å². The topological polar surface area (TPSA) is 82.2 Å². The second-order valence-corrected chi connectivity index (χ2v) is 5.86. The number of nitrogens with one attached hydrogen (secondary N) is 1. The Balaban J connectivity index is 0.00000156. The Morgan fingerprint density at radius 2 is 2.12 bits per heavy atom. The molecule has 3 rings (SSSR count). The summed E-state index contributed by atoms with van der Waals surface area (Å²) in [6.45, 7) is 4.02. The minimum atomic E-state index is -0.353. The van der Waals surface area contributed by atoms with E-state index in [1.54, 1.807) is 0 Å². The van der Waals surface area contributed by atoms with Gasteiger partial charge in [0, 0.05) is 26.1 Å². The molecule has 1 amide bonds. The number of nitrogens with two attached hydrogens (primary N) is 1. The van der Waals surface area contributed by atoms with Crippen molar-refractivity contribution >= 4 is 41.8 Å². The Morgan fingerprint density at radius 1 is 1.36 bits per heavy atom. The predicted octanol–water partition coefficient (Wildman–Crippen LogP) is 2.06. The summed E-state index contributed by atoms with van der Waals surface area (Å²) in [7, 11) is 0. The highest BCUT2D eigenvalue weighted by molar-refractivity contribution is 5.85. The van der Waals surface area contributed by atoms with Gasteiger partial charge in [-0.2, -0.15) is 0 Å². The van der Waals surface area contributed by atoms with E-state index < -0.39 is 0 Å². The van der Waals surface area contributed by atoms with Crippen LogP contribution in [0.25, 0.3) is 11.0 Å². The number of amides is 1. The summed E-state index contributed by atoms with van der Waals surface area (Å²) in [4.78, 5) is 16.8. The van der Waals surface area contributed by atoms with Gasteiger partial charge in [0.05, 0.1) is 17.1 Å². The molecule has 1 fully saturated rings. The Bertz CT molecular complexity index is 692. The number of aromatic nitrogens is 2. The van der Waals surface area contributed by atoms with Gasteiger partial charge in [0.15, 0.2) is 0 Å². The molecule has 0 aliphatic carbocycles. The number of hydrogen-bond donors (Lipinski definition) is 2. The molecule has 1 aromatic heterocycles. The van der Waals surface area contributed by atoms with Crippen LogP contribution in [0.4, 0.5) is 0 Å². The zero-order chi connectivity index (χ0) is 16.2. The molecule has 0 bridgehead atoms. The first kappa shape index (κ1) is 21.7. The minimum absolute atomic E-state index is 0. The molecular formula is C17H26Cl2N4O2. The molecule has 1 saturated heterocycles. The summed E-state index contributed by atoms with van der Waals surface area (Å²) >= 11 is 0. The number of rotatable bonds is 6. The number of nitrogens with zero attached hydrogens (tertiary/aromatic N) is 2. The molecule has 2 aromatic rings. The van der Waals surface area contributed by atoms with Crippen molar-refractivity contribution in [2.75, 3.05) is 13.1 Å². The molecule has 0 radical (unpaired) electrons. The fourth-order valence-corrected chi connectivity index (χ4v) is 3.15. The Morgan fingerprint density at radius 3 is 2.80 bits per heavy atom. The van der Waals surface area contributed by atoms with Gasteiger partial charge in [-0.15, -0.1) is 24.8 Å². The number of imidazole rings is 1. The van der Waals surface area contributed by atoms with Crippen molar-refractivity contribution in [1.82, 2.24) is 14.9 Å². The van der Waals surface area contributed by atoms with Crippen molar-refractivity contribution in [3.05, 3.63) is 30.1 Å². The number of aryl methyl sites for hydroxylation is 1. The van der Waals surface area contributed by atoms with Gasteiger partial charge in [0.1, 0.15) is 11.9 Å². The molecule has 8 heteroatoms. The standard InChI is InChI=1S/C17H24N4O2.2ClH/c1-2-21-14-6-4-3-5-13(14)20-16(21)9-10-19-17(22)15-8-7-12(11-18)23-15;;/h3-6,12,15H,2,7-11,18H2,1H3,(H,19,22);2*1H/t12-,15+;;/m1../s1. The molecule has 140 valence electrons. The molecule has 25 heavy (non-hydrogen) atoms. The quantitative estimate of drug-likeness (QED) is 0.793. The number of ether oxygens (including phenoxy) is 1. The monoisotopic (exact) mass is 388 g/mol. The molecule has 0 spiro atoms. The third-order valence-corrected chi connectivity index (χ3v) is 4.36. The maximum Gasteiger partial charge on any atom is 0.249 e. The van der Waals surface area contributed by atoms with Crippen LogP contribution < -0.4 is 11.1 Å². The summed E-state index contributed by atoms with van der Waals surface area (Å²) < 4.78 is 7.80. The summed E-state index contributed by atoms with van der Waals surface area (Å²) in [5, 5.41) is 2.96. The molecule has 2 atom stereocenters. The summed E-state index contributed by atoms with van der Waals surface area (Å²) in [6, 6.07) is 8.11. The second kappa shape index (κ2) is 9.97. The van der Waals surface area contributed by atoms with E-state index in [1.807, 2.05) is 18.2 Å². The van der Waals surface area contributed by atoms with E-state index in [2.05, 4.69) is 27.9 Å². The van der Waals surface area contributed by atoms with Gasteiger partial charge >= 0.3 is 0 Å². The van der Waals surface area contributed by atoms with Crippen LogP contribution in [0, 0.1) is 0 Å². The molecule has 0 saturated carbocycles. The van der Waals surface area contributed by atoms with Crippen molar-refractivity contribution in [3.63, 3.8) is 0 Å². The van der Waals surface area contributed by atoms with Gasteiger partial charge in [-0.1, -0.05) is 12.1 Å². The fraction of sp³-hybridized carbons (Fsp3) is 0.529. The van der Waals surface area contributed by atoms with Crippen LogP contribution in [0.2, 0.25) is 0 Å². The summed E-state index contributed by atoms with van der Waals surface area (Å²) in [5.41, 5.74) is 7.71. The van der Waals surface area contributed by atoms with Crippen molar-refractivity contribution in [2.45, 2.75) is 44.9 Å². The van der Waals surface area contributed by atoms with Crippen LogP contribution in [0.1, 0.15) is 25.6 Å². The van der Waals surface area contributed by atoms with Crippen molar-refractivity contribution in [3.8, 4) is 0 Å². The van der Waals surface area contributed by atoms with Crippen molar-refractivity contribution in [2.24, 2.45) is 5.73 Å². The number of halogens is 2. The third-order valence-electron chi connectivity index (χ3n) is 4.36. The molecule has 6 nitrogen and oxygen atoms in total. The lowest BCUT2D eigenvalue weighted by molar-refractivity contribution is -0.131. The molecule has 0 unspecified atom stereocenters. The number of fused-ring (bicyclic) bond motifs is 1. The third kappa shape index (κ3) is 4.85. The van der Waals surface area contributed by atoms with E-state index in [1.165, 1.54) is 0 Å². The van der Waals surface area contributed by atoms with Crippen LogP contribution in [0.3, 0.4) is 0 Å². The van der Waals surface area contributed by atoms with Crippen LogP contribution in [-0.4, -0.2) is 40.8 Å². The van der Waals surface area contributed by atoms with Gasteiger partial charge in [0.2, 0.25) is 5.91 Å². The lowest BCUT2D eigenvalue weighted by Gasteiger charge is -2.13. The van der Waals surface area contributed by atoms with Crippen LogP contribution in [0.5, 0.6) is 0 Å². The maximum absolute atomic E-state index is 12.1. The zero-order valence-electron chi connectivity index (χ0n) is 14.3. The van der Waals surface area contributed by atoms with Gasteiger partial charge in [0.25, 0.3) is 0 Å². The van der Waals surface area contributed by atoms with Gasteiger partial charge in [-0.05, 0) is 31.9 Å². The number of benzene rings is 1. The Hall–Kier alpha value is -1.34. The average molecular weight is 389 g/mol. The SMILES string of the molecule is CCn1c(CCNC(=O)[C@@H]2CC[C@H](CN)O2)nc2ccccc21.Cl.Cl. The lowest BCUT2D eigenvalue weighted by atomic mass is 10.2. The second-order valence-electron chi connectivity index (χ2n) is 5.86. The van der Waals surface area contributed by atoms with E-state index in [-0.39, 0.29) is 42.9 Å². The smallest absolute Gasteiger partial charge is 0.249 e. The molecule has 1 aliphatic rings. The molecule has 3 N–H and O–H groups in total. The summed E-state index contributed by atoms with van der Waals surface area (Å²) in [6.07, 6.45) is 1.99. The normalized spacial score (nSPS) is 19.3. The Labute approximate surface area is 160 Å². The first-order valence-electron chi connectivity index (χ1n) is 8.30. The first-order chi connectivity index (χ1) is 11.2. The summed E-state index contributed by atoms with van der Waals surface area (Å²) in [5.74, 6) is 0.960. The van der Waals surface area contributed by atoms with Crippen molar-refractivity contribution < 1.29 is 9.53 Å². The van der Waals surface area contributed by atoms with E-state index in [4.69, 9.17) is 10.5 Å². The van der Waals surface area contributed by atoms with Crippen molar-refractivity contribution in [1.29, 1.82) is 0 Å². The van der Waals surface area contributed by atoms with E-state index in [9.17, 15) is 4.79 Å². The van der Waals surface area contributed by atoms with E-state index in [0.717, 1.165) is 36.2 Å². The molecule has 1 aliphatic heterocycles. The lowest BCUT2D eigenvalue weighted by Crippen LogP contribution is -2.36. The largest absolute Gasteiger partial charge is 0.364 e. The molecular weight excluding hydrogens is 363 g/mol. The maximum atomic E-state index is 12.1. The van der Waals surface area contributed by atoms with Gasteiger partial charge < -0.3 is 20.4 Å². The number of para-hydroxylation sites is 2. The van der Waals surface area contributed by atoms with Crippen LogP contribution >= 0.6 is 24.8 Å². The Kier molecular flexibility index (Phi) is 8.65. The number of carbonyl (C=O) groups excluding carboxylic acids is 1. The highest BCUT2D eigenvalue weighted by Crippen LogP contribution is 2.19. The van der Waals surface area contributed by atoms with E-state index in [0.29, 0.717) is 19.5 Å². The fourth-order valence-electron chi connectivity index (χ4n) is 3.15. The highest BCUT2D eigenvalue weighted by atomic mass is 35.5. The molecule has 1 aromatic carbocycles. The predicted molar refractivity (Wildman–Crippen MR) is 104 cm³/mol. The number of carbonyl (C=O) groups is 1. The van der Waals surface area contributed by atoms with E-state index >= 15 is 0 Å². The zero-order valence-corrected chi connectivity index (χ0v) is 15.9. The van der Waals surface area contributed by atoms with Gasteiger partial charge in [-0.3, -0.25) is 4.79 Å². The highest BCUT2D eigenvalue weighted by Gasteiger charge is 2.29. The molecule has 2 heterocycles. The first-order valence-corrected chi connectivity index (χ1v) is 8.30.